The standard InChI is InChI=1S/C19H36N2/c1-6-8-9-11-17(3)19(10-7-2)18(4)16-21-14-12-20(5)13-15-21/h7,10,18H,6,8-9,11-16H2,1-5H3/b10-7-,19-17-. The Balaban J connectivity index is 2.59. The van der Waals surface area contributed by atoms with Crippen LogP contribution in [0.15, 0.2) is 23.3 Å². The number of likely N-dealkylation sites (N-methyl/N-ethyl adjacent to an activating group) is 1. The molecule has 0 bridgehead atoms. The Labute approximate surface area is 132 Å². The fourth-order valence-electron chi connectivity index (χ4n) is 3.21. The lowest BCUT2D eigenvalue weighted by Crippen LogP contribution is -2.46. The van der Waals surface area contributed by atoms with E-state index in [9.17, 15) is 0 Å². The van der Waals surface area contributed by atoms with Crippen molar-refractivity contribution in [2.24, 2.45) is 5.92 Å². The molecule has 0 radical (unpaired) electrons. The number of unbranched alkanes of at least 4 members (excludes halogenated alkanes) is 2. The van der Waals surface area contributed by atoms with Crippen molar-refractivity contribution in [2.75, 3.05) is 39.8 Å². The van der Waals surface area contributed by atoms with E-state index < -0.39 is 0 Å². The molecular formula is C19H36N2. The van der Waals surface area contributed by atoms with Crippen LogP contribution in [0.3, 0.4) is 0 Å². The Kier molecular flexibility index (Phi) is 8.94. The molecule has 1 saturated heterocycles. The molecule has 2 nitrogen and oxygen atoms in total. The Bertz CT molecular complexity index is 335. The summed E-state index contributed by atoms with van der Waals surface area (Å²) < 4.78 is 0. The van der Waals surface area contributed by atoms with Gasteiger partial charge in [0.05, 0.1) is 0 Å². The van der Waals surface area contributed by atoms with Crippen LogP contribution in [0.1, 0.15) is 53.4 Å². The third kappa shape index (κ3) is 6.80. The molecule has 2 heteroatoms. The van der Waals surface area contributed by atoms with Crippen LogP contribution in [0.2, 0.25) is 0 Å². The van der Waals surface area contributed by atoms with Gasteiger partial charge >= 0.3 is 0 Å². The van der Waals surface area contributed by atoms with Gasteiger partial charge in [0, 0.05) is 32.7 Å². The summed E-state index contributed by atoms with van der Waals surface area (Å²) in [5.41, 5.74) is 3.18. The minimum Gasteiger partial charge on any atom is -0.304 e. The summed E-state index contributed by atoms with van der Waals surface area (Å²) in [7, 11) is 2.23. The van der Waals surface area contributed by atoms with Gasteiger partial charge in [0.1, 0.15) is 0 Å². The summed E-state index contributed by atoms with van der Waals surface area (Å²) in [4.78, 5) is 5.06. The second-order valence-electron chi connectivity index (χ2n) is 6.70. The van der Waals surface area contributed by atoms with E-state index in [4.69, 9.17) is 0 Å². The Morgan fingerprint density at radius 1 is 1.14 bits per heavy atom. The summed E-state index contributed by atoms with van der Waals surface area (Å²) in [6, 6.07) is 0. The maximum atomic E-state index is 2.63. The molecule has 122 valence electrons. The number of piperazine rings is 1. The molecule has 1 fully saturated rings. The van der Waals surface area contributed by atoms with Crippen LogP contribution in [-0.2, 0) is 0 Å². The van der Waals surface area contributed by atoms with Crippen LogP contribution in [0, 0.1) is 5.92 Å². The number of hydrogen-bond acceptors (Lipinski definition) is 2. The van der Waals surface area contributed by atoms with Crippen LogP contribution in [-0.4, -0.2) is 49.6 Å². The second kappa shape index (κ2) is 10.2. The minimum atomic E-state index is 0.645. The first kappa shape index (κ1) is 18.4. The average molecular weight is 293 g/mol. The van der Waals surface area contributed by atoms with Crippen LogP contribution in [0.25, 0.3) is 0 Å². The fourth-order valence-corrected chi connectivity index (χ4v) is 3.21. The van der Waals surface area contributed by atoms with Gasteiger partial charge in [0.25, 0.3) is 0 Å². The van der Waals surface area contributed by atoms with E-state index in [0.717, 1.165) is 0 Å². The monoisotopic (exact) mass is 292 g/mol. The maximum absolute atomic E-state index is 2.63. The van der Waals surface area contributed by atoms with Crippen molar-refractivity contribution in [1.29, 1.82) is 0 Å². The molecule has 0 aromatic heterocycles. The SMILES string of the molecule is C/C=C\C(=C(/C)CCCCC)C(C)CN1CCN(C)CC1. The predicted molar refractivity (Wildman–Crippen MR) is 94.8 cm³/mol. The molecule has 0 aliphatic carbocycles. The predicted octanol–water partition coefficient (Wildman–Crippen LogP) is 4.34. The number of rotatable bonds is 8. The van der Waals surface area contributed by atoms with Crippen LogP contribution in [0.4, 0.5) is 0 Å². The molecule has 21 heavy (non-hydrogen) atoms. The first-order valence-corrected chi connectivity index (χ1v) is 8.81. The van der Waals surface area contributed by atoms with E-state index >= 15 is 0 Å². The molecule has 0 aromatic carbocycles. The van der Waals surface area contributed by atoms with Crippen LogP contribution in [0.5, 0.6) is 0 Å². The Morgan fingerprint density at radius 2 is 1.81 bits per heavy atom. The zero-order valence-corrected chi connectivity index (χ0v) is 15.0. The highest BCUT2D eigenvalue weighted by molar-refractivity contribution is 5.27. The van der Waals surface area contributed by atoms with Gasteiger partial charge in [0.2, 0.25) is 0 Å². The van der Waals surface area contributed by atoms with Gasteiger partial charge in [-0.25, -0.2) is 0 Å². The molecule has 1 unspecified atom stereocenters. The van der Waals surface area contributed by atoms with Crippen LogP contribution >= 0.6 is 0 Å². The molecule has 0 amide bonds. The molecular weight excluding hydrogens is 256 g/mol. The summed E-state index contributed by atoms with van der Waals surface area (Å²) in [6.07, 6.45) is 9.82. The van der Waals surface area contributed by atoms with Gasteiger partial charge in [-0.05, 0) is 45.2 Å². The molecule has 1 heterocycles. The maximum Gasteiger partial charge on any atom is 0.0110 e. The van der Waals surface area contributed by atoms with E-state index in [1.807, 2.05) is 0 Å². The largest absolute Gasteiger partial charge is 0.304 e. The fraction of sp³-hybridized carbons (Fsp3) is 0.789. The number of hydrogen-bond donors (Lipinski definition) is 0. The van der Waals surface area contributed by atoms with Gasteiger partial charge in [-0.2, -0.15) is 0 Å². The molecule has 1 aliphatic heterocycles. The van der Waals surface area contributed by atoms with Crippen molar-refractivity contribution in [3.63, 3.8) is 0 Å². The highest BCUT2D eigenvalue weighted by Gasteiger charge is 2.18. The summed E-state index contributed by atoms with van der Waals surface area (Å²) >= 11 is 0. The summed E-state index contributed by atoms with van der Waals surface area (Å²) in [6.45, 7) is 15.2. The van der Waals surface area contributed by atoms with Crippen molar-refractivity contribution in [3.8, 4) is 0 Å². The second-order valence-corrected chi connectivity index (χ2v) is 6.70. The molecule has 0 N–H and O–H groups in total. The van der Waals surface area contributed by atoms with Crippen molar-refractivity contribution in [3.05, 3.63) is 23.3 Å². The van der Waals surface area contributed by atoms with Gasteiger partial charge in [0.15, 0.2) is 0 Å². The number of allylic oxidation sites excluding steroid dienone is 3. The minimum absolute atomic E-state index is 0.645. The molecule has 1 aliphatic rings. The van der Waals surface area contributed by atoms with Crippen molar-refractivity contribution < 1.29 is 0 Å². The quantitative estimate of drug-likeness (QED) is 0.485. The highest BCUT2D eigenvalue weighted by Crippen LogP contribution is 2.22. The first-order chi connectivity index (χ1) is 10.1. The number of nitrogens with zero attached hydrogens (tertiary/aromatic N) is 2. The van der Waals surface area contributed by atoms with Gasteiger partial charge in [-0.1, -0.05) is 44.4 Å². The third-order valence-corrected chi connectivity index (χ3v) is 4.65. The molecule has 1 atom stereocenters. The molecule has 0 spiro atoms. The van der Waals surface area contributed by atoms with Gasteiger partial charge < -0.3 is 9.80 Å². The lowest BCUT2D eigenvalue weighted by atomic mass is 9.92. The first-order valence-electron chi connectivity index (χ1n) is 8.81. The van der Waals surface area contributed by atoms with Crippen molar-refractivity contribution in [2.45, 2.75) is 53.4 Å². The smallest absolute Gasteiger partial charge is 0.0110 e. The van der Waals surface area contributed by atoms with Crippen molar-refractivity contribution in [1.82, 2.24) is 9.80 Å². The third-order valence-electron chi connectivity index (χ3n) is 4.65. The van der Waals surface area contributed by atoms with Gasteiger partial charge in [-0.15, -0.1) is 0 Å². The van der Waals surface area contributed by atoms with Crippen LogP contribution < -0.4 is 0 Å². The zero-order valence-electron chi connectivity index (χ0n) is 15.0. The van der Waals surface area contributed by atoms with E-state index in [1.165, 1.54) is 58.4 Å². The highest BCUT2D eigenvalue weighted by atomic mass is 15.2. The van der Waals surface area contributed by atoms with Gasteiger partial charge in [-0.3, -0.25) is 0 Å². The average Bonchev–Trinajstić information content (AvgIpc) is 2.47. The topological polar surface area (TPSA) is 6.48 Å². The van der Waals surface area contributed by atoms with E-state index in [0.29, 0.717) is 5.92 Å². The normalized spacial score (nSPS) is 20.8. The lowest BCUT2D eigenvalue weighted by molar-refractivity contribution is 0.144. The van der Waals surface area contributed by atoms with E-state index in [-0.39, 0.29) is 0 Å². The molecule has 0 saturated carbocycles. The van der Waals surface area contributed by atoms with Crippen molar-refractivity contribution >= 4 is 0 Å². The zero-order chi connectivity index (χ0) is 15.7. The Morgan fingerprint density at radius 3 is 2.38 bits per heavy atom. The summed E-state index contributed by atoms with van der Waals surface area (Å²) in [5, 5.41) is 0. The lowest BCUT2D eigenvalue weighted by Gasteiger charge is -2.34. The Hall–Kier alpha value is -0.600. The van der Waals surface area contributed by atoms with E-state index in [2.05, 4.69) is 56.7 Å². The molecule has 0 aromatic rings. The van der Waals surface area contributed by atoms with E-state index in [1.54, 1.807) is 11.1 Å². The molecule has 1 rings (SSSR count). The summed E-state index contributed by atoms with van der Waals surface area (Å²) in [5.74, 6) is 0.645.